The van der Waals surface area contributed by atoms with Crippen molar-refractivity contribution in [3.8, 4) is 5.75 Å². The van der Waals surface area contributed by atoms with Crippen LogP contribution in [-0.4, -0.2) is 105 Å². The number of rotatable bonds is 14. The number of phenols is 1. The van der Waals surface area contributed by atoms with Gasteiger partial charge in [-0.2, -0.15) is 0 Å². The normalized spacial score (nSPS) is 27.3. The molecule has 4 heterocycles. The van der Waals surface area contributed by atoms with Crippen molar-refractivity contribution in [3.63, 3.8) is 0 Å². The molecule has 0 spiro atoms. The Morgan fingerprint density at radius 3 is 1.94 bits per heavy atom. The van der Waals surface area contributed by atoms with Crippen molar-refractivity contribution >= 4 is 59.0 Å². The fourth-order valence-electron chi connectivity index (χ4n) is 8.36. The summed E-state index contributed by atoms with van der Waals surface area (Å²) in [5, 5.41) is 12.7. The Kier molecular flexibility index (Phi) is 14.9. The number of aromatic hydroxyl groups is 1. The maximum atomic E-state index is 14.2. The standard InChI is InChI=1S/C39H55N3O9S2/c1-4-7-25(35(45)40-29-19-21-53-34-11-6-9-31(39(49)51-3)42(34)37(29)47)14-15-26(22-24-12-16-28(43)17-13-24)32(44)23-27-18-20-52-33-10-5-8-30(38(48)50-2)41(33)36(27)46/h12-13,16-17,25-27,29-31,33-34,43H,4-11,14-15,18-23H2,1-3H3,(H,40,45)/t25-,26+,27+,29-,30-,31-,33-,34-/m0/s1. The zero-order valence-corrected chi connectivity index (χ0v) is 32.8. The second kappa shape index (κ2) is 19.4. The molecule has 292 valence electrons. The van der Waals surface area contributed by atoms with Gasteiger partial charge >= 0.3 is 11.9 Å². The quantitative estimate of drug-likeness (QED) is 0.249. The Balaban J connectivity index is 1.29. The number of esters is 2. The number of thioether (sulfide) groups is 2. The van der Waals surface area contributed by atoms with Crippen LogP contribution in [-0.2, 0) is 44.7 Å². The van der Waals surface area contributed by atoms with Crippen molar-refractivity contribution in [1.29, 1.82) is 0 Å². The minimum Gasteiger partial charge on any atom is -0.508 e. The maximum Gasteiger partial charge on any atom is 0.328 e. The highest BCUT2D eigenvalue weighted by molar-refractivity contribution is 8.00. The fourth-order valence-corrected chi connectivity index (χ4v) is 11.2. The molecular formula is C39H55N3O9S2. The molecule has 4 aliphatic heterocycles. The monoisotopic (exact) mass is 773 g/mol. The summed E-state index contributed by atoms with van der Waals surface area (Å²) in [6.07, 6.45) is 7.82. The van der Waals surface area contributed by atoms with Crippen LogP contribution in [0.2, 0.25) is 0 Å². The highest BCUT2D eigenvalue weighted by atomic mass is 32.2. The van der Waals surface area contributed by atoms with Gasteiger partial charge in [0.25, 0.3) is 0 Å². The number of benzene rings is 1. The molecule has 0 saturated carbocycles. The molecule has 0 aliphatic carbocycles. The summed E-state index contributed by atoms with van der Waals surface area (Å²) in [6.45, 7) is 2.00. The number of methoxy groups -OCH3 is 2. The molecule has 12 nitrogen and oxygen atoms in total. The van der Waals surface area contributed by atoms with Gasteiger partial charge in [-0.05, 0) is 106 Å². The Hall–Kier alpha value is -3.26. The molecule has 0 radical (unpaired) electrons. The smallest absolute Gasteiger partial charge is 0.328 e. The van der Waals surface area contributed by atoms with Gasteiger partial charge in [0.1, 0.15) is 29.7 Å². The number of ketones is 1. The highest BCUT2D eigenvalue weighted by Crippen LogP contribution is 2.38. The van der Waals surface area contributed by atoms with Crippen molar-refractivity contribution in [3.05, 3.63) is 29.8 Å². The van der Waals surface area contributed by atoms with Crippen molar-refractivity contribution in [2.45, 2.75) is 126 Å². The van der Waals surface area contributed by atoms with Crippen LogP contribution in [0.3, 0.4) is 0 Å². The number of Topliss-reactive ketones (excluding diaryl/α,β-unsaturated/α-hetero) is 1. The molecule has 5 rings (SSSR count). The summed E-state index contributed by atoms with van der Waals surface area (Å²) in [6, 6.07) is 4.65. The van der Waals surface area contributed by atoms with Crippen LogP contribution in [0.25, 0.3) is 0 Å². The third-order valence-corrected chi connectivity index (χ3v) is 13.9. The molecule has 4 aliphatic rings. The fraction of sp³-hybridized carbons (Fsp3) is 0.692. The van der Waals surface area contributed by atoms with E-state index in [1.807, 2.05) is 6.92 Å². The zero-order valence-electron chi connectivity index (χ0n) is 31.2. The van der Waals surface area contributed by atoms with Gasteiger partial charge in [0.15, 0.2) is 0 Å². The molecule has 1 aromatic carbocycles. The van der Waals surface area contributed by atoms with Crippen LogP contribution in [0.4, 0.5) is 0 Å². The van der Waals surface area contributed by atoms with Gasteiger partial charge < -0.3 is 29.7 Å². The summed E-state index contributed by atoms with van der Waals surface area (Å²) in [5.41, 5.74) is 0.861. The van der Waals surface area contributed by atoms with E-state index in [1.54, 1.807) is 57.6 Å². The van der Waals surface area contributed by atoms with Crippen LogP contribution in [0.15, 0.2) is 24.3 Å². The minimum absolute atomic E-state index is 0.0382. The van der Waals surface area contributed by atoms with Crippen LogP contribution < -0.4 is 5.32 Å². The summed E-state index contributed by atoms with van der Waals surface area (Å²) < 4.78 is 10.1. The number of carbonyl (C=O) groups is 6. The van der Waals surface area contributed by atoms with Gasteiger partial charge in [-0.15, -0.1) is 23.5 Å². The van der Waals surface area contributed by atoms with E-state index in [-0.39, 0.29) is 46.4 Å². The number of hydrogen-bond donors (Lipinski definition) is 2. The lowest BCUT2D eigenvalue weighted by molar-refractivity contribution is -0.157. The molecular weight excluding hydrogens is 719 g/mol. The zero-order chi connectivity index (χ0) is 38.1. The average Bonchev–Trinajstić information content (AvgIpc) is 3.42. The number of carbonyl (C=O) groups excluding carboxylic acids is 6. The first-order chi connectivity index (χ1) is 25.6. The number of fused-ring (bicyclic) bond motifs is 2. The van der Waals surface area contributed by atoms with E-state index in [2.05, 4.69) is 5.32 Å². The summed E-state index contributed by atoms with van der Waals surface area (Å²) in [4.78, 5) is 84.7. The van der Waals surface area contributed by atoms with E-state index >= 15 is 0 Å². The predicted molar refractivity (Wildman–Crippen MR) is 203 cm³/mol. The van der Waals surface area contributed by atoms with E-state index in [0.29, 0.717) is 62.9 Å². The summed E-state index contributed by atoms with van der Waals surface area (Å²) in [5.74, 6) is -1.60. The van der Waals surface area contributed by atoms with Crippen LogP contribution in [0, 0.1) is 17.8 Å². The van der Waals surface area contributed by atoms with E-state index < -0.39 is 47.8 Å². The van der Waals surface area contributed by atoms with Gasteiger partial charge in [0.2, 0.25) is 17.7 Å². The summed E-state index contributed by atoms with van der Waals surface area (Å²) in [7, 11) is 2.66. The largest absolute Gasteiger partial charge is 0.508 e. The number of hydrogen-bond acceptors (Lipinski definition) is 11. The number of piperidine rings is 2. The van der Waals surface area contributed by atoms with Crippen molar-refractivity contribution in [2.75, 3.05) is 25.7 Å². The number of amides is 3. The molecule has 4 saturated heterocycles. The lowest BCUT2D eigenvalue weighted by atomic mass is 9.82. The Labute approximate surface area is 321 Å². The molecule has 1 aromatic rings. The molecule has 3 amide bonds. The number of phenolic OH excluding ortho intramolecular Hbond substituents is 1. The first-order valence-corrected chi connectivity index (χ1v) is 21.3. The molecule has 2 N–H and O–H groups in total. The Morgan fingerprint density at radius 1 is 0.792 bits per heavy atom. The minimum atomic E-state index is -0.759. The van der Waals surface area contributed by atoms with Gasteiger partial charge in [0.05, 0.1) is 25.0 Å². The van der Waals surface area contributed by atoms with Gasteiger partial charge in [-0.3, -0.25) is 19.2 Å². The van der Waals surface area contributed by atoms with Gasteiger partial charge in [-0.1, -0.05) is 25.5 Å². The van der Waals surface area contributed by atoms with Gasteiger partial charge in [-0.25, -0.2) is 9.59 Å². The molecule has 14 heteroatoms. The molecule has 53 heavy (non-hydrogen) atoms. The molecule has 8 atom stereocenters. The lowest BCUT2D eigenvalue weighted by Crippen LogP contribution is -2.57. The lowest BCUT2D eigenvalue weighted by Gasteiger charge is -2.40. The SMILES string of the molecule is CCC[C@@H](CC[C@H](Cc1ccc(O)cc1)C(=O)C[C@H]1CCS[C@H]2CCC[C@@H](C(=O)OC)N2C1=O)C(=O)N[C@H]1CCS[C@H]2CCC[C@@H](C(=O)OC)N2C1=O. The number of nitrogens with one attached hydrogen (secondary N) is 1. The van der Waals surface area contributed by atoms with E-state index in [0.717, 1.165) is 37.7 Å². The Morgan fingerprint density at radius 2 is 1.36 bits per heavy atom. The van der Waals surface area contributed by atoms with Crippen molar-refractivity contribution < 1.29 is 43.3 Å². The first-order valence-electron chi connectivity index (χ1n) is 19.2. The third kappa shape index (κ3) is 10.1. The average molecular weight is 774 g/mol. The molecule has 0 bridgehead atoms. The Bertz CT molecular complexity index is 1480. The first kappa shape index (κ1) is 40.9. The van der Waals surface area contributed by atoms with E-state index in [9.17, 15) is 33.9 Å². The highest BCUT2D eigenvalue weighted by Gasteiger charge is 2.45. The second-order valence-electron chi connectivity index (χ2n) is 14.7. The predicted octanol–water partition coefficient (Wildman–Crippen LogP) is 4.84. The van der Waals surface area contributed by atoms with Crippen LogP contribution >= 0.6 is 23.5 Å². The molecule has 4 fully saturated rings. The third-order valence-electron chi connectivity index (χ3n) is 11.3. The summed E-state index contributed by atoms with van der Waals surface area (Å²) >= 11 is 3.30. The second-order valence-corrected chi connectivity index (χ2v) is 17.3. The number of ether oxygens (including phenoxy) is 2. The molecule has 0 aromatic heterocycles. The van der Waals surface area contributed by atoms with Crippen molar-refractivity contribution in [2.24, 2.45) is 17.8 Å². The topological polar surface area (TPSA) is 160 Å². The van der Waals surface area contributed by atoms with E-state index in [1.165, 1.54) is 14.2 Å². The van der Waals surface area contributed by atoms with Crippen LogP contribution in [0.1, 0.15) is 96.0 Å². The van der Waals surface area contributed by atoms with Gasteiger partial charge in [0, 0.05) is 24.2 Å². The number of nitrogens with zero attached hydrogens (tertiary/aromatic N) is 2. The van der Waals surface area contributed by atoms with E-state index in [4.69, 9.17) is 9.47 Å². The molecule has 0 unspecified atom stereocenters. The van der Waals surface area contributed by atoms with Crippen molar-refractivity contribution in [1.82, 2.24) is 15.1 Å². The van der Waals surface area contributed by atoms with Crippen LogP contribution in [0.5, 0.6) is 5.75 Å². The maximum absolute atomic E-state index is 14.2.